The van der Waals surface area contributed by atoms with Gasteiger partial charge < -0.3 is 10.2 Å². The average molecular weight is 317 g/mol. The SMILES string of the molecule is CC(C)NCCn1cc(S(=O)(=O)NCCCN(C)C)cn1. The maximum Gasteiger partial charge on any atom is 0.243 e. The lowest BCUT2D eigenvalue weighted by atomic mass is 10.4. The van der Waals surface area contributed by atoms with E-state index in [0.29, 0.717) is 19.1 Å². The molecule has 0 spiro atoms. The molecular formula is C13H27N5O2S. The van der Waals surface area contributed by atoms with E-state index in [1.54, 1.807) is 10.9 Å². The van der Waals surface area contributed by atoms with E-state index < -0.39 is 10.0 Å². The van der Waals surface area contributed by atoms with Gasteiger partial charge in [-0.3, -0.25) is 4.68 Å². The van der Waals surface area contributed by atoms with E-state index in [-0.39, 0.29) is 4.90 Å². The molecule has 1 aromatic heterocycles. The second-order valence-electron chi connectivity index (χ2n) is 5.60. The molecule has 0 aliphatic carbocycles. The fourth-order valence-corrected chi connectivity index (χ4v) is 2.78. The number of aromatic nitrogens is 2. The molecule has 0 saturated carbocycles. The van der Waals surface area contributed by atoms with Gasteiger partial charge in [0, 0.05) is 25.3 Å². The van der Waals surface area contributed by atoms with Crippen LogP contribution in [0.15, 0.2) is 17.3 Å². The van der Waals surface area contributed by atoms with E-state index in [9.17, 15) is 8.42 Å². The molecule has 21 heavy (non-hydrogen) atoms. The van der Waals surface area contributed by atoms with Crippen LogP contribution in [0, 0.1) is 0 Å². The first-order valence-electron chi connectivity index (χ1n) is 7.21. The van der Waals surface area contributed by atoms with Crippen LogP contribution in [0.25, 0.3) is 0 Å². The predicted octanol–water partition coefficient (Wildman–Crippen LogP) is 0.111. The zero-order valence-electron chi connectivity index (χ0n) is 13.3. The standard InChI is InChI=1S/C13H27N5O2S/c1-12(2)14-7-9-18-11-13(10-15-18)21(19,20)16-6-5-8-17(3)4/h10-12,14,16H,5-9H2,1-4H3. The van der Waals surface area contributed by atoms with Gasteiger partial charge in [-0.2, -0.15) is 5.10 Å². The van der Waals surface area contributed by atoms with Crippen LogP contribution in [-0.4, -0.2) is 62.9 Å². The van der Waals surface area contributed by atoms with Gasteiger partial charge in [-0.05, 0) is 27.1 Å². The van der Waals surface area contributed by atoms with Crippen molar-refractivity contribution in [3.8, 4) is 0 Å². The first kappa shape index (κ1) is 18.1. The Labute approximate surface area is 127 Å². The third-order valence-electron chi connectivity index (χ3n) is 2.89. The van der Waals surface area contributed by atoms with E-state index in [4.69, 9.17) is 0 Å². The van der Waals surface area contributed by atoms with E-state index in [2.05, 4.69) is 29.0 Å². The summed E-state index contributed by atoms with van der Waals surface area (Å²) >= 11 is 0. The van der Waals surface area contributed by atoms with Crippen LogP contribution in [0.5, 0.6) is 0 Å². The van der Waals surface area contributed by atoms with Crippen molar-refractivity contribution in [1.82, 2.24) is 24.7 Å². The quantitative estimate of drug-likeness (QED) is 0.599. The van der Waals surface area contributed by atoms with Gasteiger partial charge in [-0.25, -0.2) is 13.1 Å². The fourth-order valence-electron chi connectivity index (χ4n) is 1.76. The van der Waals surface area contributed by atoms with Crippen molar-refractivity contribution in [2.24, 2.45) is 0 Å². The highest BCUT2D eigenvalue weighted by atomic mass is 32.2. The Bertz CT molecular complexity index is 510. The first-order valence-corrected chi connectivity index (χ1v) is 8.70. The number of nitrogens with one attached hydrogen (secondary N) is 2. The van der Waals surface area contributed by atoms with Gasteiger partial charge in [0.25, 0.3) is 0 Å². The minimum atomic E-state index is -3.45. The summed E-state index contributed by atoms with van der Waals surface area (Å²) in [6.45, 7) is 6.82. The zero-order chi connectivity index (χ0) is 15.9. The molecule has 2 N–H and O–H groups in total. The third-order valence-corrected chi connectivity index (χ3v) is 4.30. The molecule has 1 heterocycles. The third kappa shape index (κ3) is 7.03. The van der Waals surface area contributed by atoms with Crippen LogP contribution in [0.4, 0.5) is 0 Å². The Morgan fingerprint density at radius 1 is 1.33 bits per heavy atom. The molecule has 0 radical (unpaired) electrons. The Morgan fingerprint density at radius 3 is 2.67 bits per heavy atom. The summed E-state index contributed by atoms with van der Waals surface area (Å²) < 4.78 is 28.4. The van der Waals surface area contributed by atoms with E-state index in [1.807, 2.05) is 19.0 Å². The van der Waals surface area contributed by atoms with Crippen molar-refractivity contribution in [3.05, 3.63) is 12.4 Å². The maximum absolute atomic E-state index is 12.1. The van der Waals surface area contributed by atoms with E-state index >= 15 is 0 Å². The van der Waals surface area contributed by atoms with Crippen LogP contribution in [0.1, 0.15) is 20.3 Å². The van der Waals surface area contributed by atoms with Crippen LogP contribution >= 0.6 is 0 Å². The number of hydrogen-bond acceptors (Lipinski definition) is 5. The molecule has 1 rings (SSSR count). The van der Waals surface area contributed by atoms with Crippen molar-refractivity contribution in [2.75, 3.05) is 33.7 Å². The Kier molecular flexibility index (Phi) is 7.30. The first-order chi connectivity index (χ1) is 9.81. The van der Waals surface area contributed by atoms with Gasteiger partial charge in [0.1, 0.15) is 4.90 Å². The normalized spacial score (nSPS) is 12.5. The molecular weight excluding hydrogens is 290 g/mol. The molecule has 0 saturated heterocycles. The van der Waals surface area contributed by atoms with Crippen LogP contribution in [-0.2, 0) is 16.6 Å². The minimum Gasteiger partial charge on any atom is -0.313 e. The molecule has 0 amide bonds. The monoisotopic (exact) mass is 317 g/mol. The van der Waals surface area contributed by atoms with Crippen molar-refractivity contribution in [3.63, 3.8) is 0 Å². The molecule has 0 atom stereocenters. The molecule has 0 aliphatic heterocycles. The summed E-state index contributed by atoms with van der Waals surface area (Å²) in [6, 6.07) is 0.405. The molecule has 0 aromatic carbocycles. The summed E-state index contributed by atoms with van der Waals surface area (Å²) in [4.78, 5) is 2.24. The molecule has 122 valence electrons. The molecule has 8 heteroatoms. The van der Waals surface area contributed by atoms with Gasteiger partial charge in [0.15, 0.2) is 0 Å². The predicted molar refractivity (Wildman–Crippen MR) is 83.7 cm³/mol. The van der Waals surface area contributed by atoms with Crippen molar-refractivity contribution in [1.29, 1.82) is 0 Å². The van der Waals surface area contributed by atoms with Crippen molar-refractivity contribution < 1.29 is 8.42 Å². The molecule has 0 bridgehead atoms. The highest BCUT2D eigenvalue weighted by Gasteiger charge is 2.15. The summed E-state index contributed by atoms with van der Waals surface area (Å²) in [5.41, 5.74) is 0. The zero-order valence-corrected chi connectivity index (χ0v) is 14.2. The van der Waals surface area contributed by atoms with Gasteiger partial charge in [0.05, 0.1) is 12.7 Å². The van der Waals surface area contributed by atoms with Gasteiger partial charge in [-0.15, -0.1) is 0 Å². The van der Waals surface area contributed by atoms with Crippen molar-refractivity contribution >= 4 is 10.0 Å². The van der Waals surface area contributed by atoms with Crippen LogP contribution in [0.2, 0.25) is 0 Å². The number of hydrogen-bond donors (Lipinski definition) is 2. The summed E-state index contributed by atoms with van der Waals surface area (Å²) in [5.74, 6) is 0. The fraction of sp³-hybridized carbons (Fsp3) is 0.769. The lowest BCUT2D eigenvalue weighted by Gasteiger charge is -2.09. The molecule has 0 aliphatic rings. The Morgan fingerprint density at radius 2 is 2.05 bits per heavy atom. The highest BCUT2D eigenvalue weighted by molar-refractivity contribution is 7.89. The number of nitrogens with zero attached hydrogens (tertiary/aromatic N) is 3. The number of rotatable bonds is 10. The maximum atomic E-state index is 12.1. The van der Waals surface area contributed by atoms with Gasteiger partial charge in [0.2, 0.25) is 10.0 Å². The Balaban J connectivity index is 2.46. The smallest absolute Gasteiger partial charge is 0.243 e. The van der Waals surface area contributed by atoms with E-state index in [0.717, 1.165) is 19.5 Å². The summed E-state index contributed by atoms with van der Waals surface area (Å²) in [6.07, 6.45) is 3.73. The lowest BCUT2D eigenvalue weighted by molar-refractivity contribution is 0.400. The summed E-state index contributed by atoms with van der Waals surface area (Å²) in [7, 11) is 0.473. The molecule has 1 aromatic rings. The minimum absolute atomic E-state index is 0.219. The largest absolute Gasteiger partial charge is 0.313 e. The second-order valence-corrected chi connectivity index (χ2v) is 7.37. The average Bonchev–Trinajstić information content (AvgIpc) is 2.83. The van der Waals surface area contributed by atoms with E-state index in [1.165, 1.54) is 6.20 Å². The lowest BCUT2D eigenvalue weighted by Crippen LogP contribution is -2.27. The molecule has 0 fully saturated rings. The highest BCUT2D eigenvalue weighted by Crippen LogP contribution is 2.06. The second kappa shape index (κ2) is 8.47. The number of sulfonamides is 1. The van der Waals surface area contributed by atoms with Crippen molar-refractivity contribution in [2.45, 2.75) is 37.8 Å². The molecule has 0 unspecified atom stereocenters. The summed E-state index contributed by atoms with van der Waals surface area (Å²) in [5, 5.41) is 7.35. The van der Waals surface area contributed by atoms with Gasteiger partial charge >= 0.3 is 0 Å². The topological polar surface area (TPSA) is 79.3 Å². The van der Waals surface area contributed by atoms with Gasteiger partial charge in [-0.1, -0.05) is 13.8 Å². The van der Waals surface area contributed by atoms with Crippen LogP contribution < -0.4 is 10.0 Å². The molecule has 7 nitrogen and oxygen atoms in total. The van der Waals surface area contributed by atoms with Crippen LogP contribution in [0.3, 0.4) is 0 Å². The Hall–Kier alpha value is -0.960.